The normalized spacial score (nSPS) is 12.3. The number of ether oxygens (including phenoxy) is 1. The maximum Gasteiger partial charge on any atom is 0.303 e. The molecular formula is C17H21ClN4O4S2. The van der Waals surface area contributed by atoms with Gasteiger partial charge in [-0.05, 0) is 31.0 Å². The van der Waals surface area contributed by atoms with Crippen LogP contribution in [0, 0.1) is 0 Å². The molecule has 152 valence electrons. The van der Waals surface area contributed by atoms with Crippen molar-refractivity contribution in [1.82, 2.24) is 10.2 Å². The van der Waals surface area contributed by atoms with E-state index < -0.39 is 21.6 Å². The van der Waals surface area contributed by atoms with Crippen LogP contribution in [0.2, 0.25) is 5.02 Å². The second kappa shape index (κ2) is 8.99. The van der Waals surface area contributed by atoms with E-state index in [2.05, 4.69) is 14.9 Å². The van der Waals surface area contributed by atoms with Crippen molar-refractivity contribution in [2.75, 3.05) is 10.5 Å². The molecule has 0 fully saturated rings. The fourth-order valence-electron chi connectivity index (χ4n) is 2.33. The molecule has 1 aromatic heterocycles. The van der Waals surface area contributed by atoms with E-state index in [1.165, 1.54) is 13.0 Å². The molecule has 0 saturated heterocycles. The number of nitrogens with one attached hydrogen (secondary N) is 1. The number of anilines is 1. The molecule has 0 aliphatic rings. The maximum absolute atomic E-state index is 12.3. The van der Waals surface area contributed by atoms with E-state index in [1.54, 1.807) is 38.1 Å². The first kappa shape index (κ1) is 22.3. The number of aromatic nitrogens is 2. The molecule has 0 amide bonds. The molecule has 8 nitrogen and oxygen atoms in total. The Hall–Kier alpha value is -2.01. The number of esters is 1. The van der Waals surface area contributed by atoms with E-state index in [9.17, 15) is 13.2 Å². The summed E-state index contributed by atoms with van der Waals surface area (Å²) in [5, 5.41) is 8.71. The minimum Gasteiger partial charge on any atom is -0.452 e. The predicted molar refractivity (Wildman–Crippen MR) is 110 cm³/mol. The van der Waals surface area contributed by atoms with E-state index in [4.69, 9.17) is 22.1 Å². The lowest BCUT2D eigenvalue weighted by molar-refractivity contribution is -0.154. The van der Waals surface area contributed by atoms with Gasteiger partial charge in [-0.15, -0.1) is 10.2 Å². The molecule has 0 aliphatic carbocycles. The van der Waals surface area contributed by atoms with Gasteiger partial charge in [-0.2, -0.15) is 0 Å². The summed E-state index contributed by atoms with van der Waals surface area (Å²) in [5.41, 5.74) is 6.18. The van der Waals surface area contributed by atoms with Crippen molar-refractivity contribution in [2.45, 2.75) is 32.9 Å². The molecule has 0 unspecified atom stereocenters. The standard InChI is InChI=1S/C17H21ClN4O4S2/c1-11(23)26-17(2,3)15-20-21-16(27-15)22-28(24,25)9-5-7-12-6-4-8-14(18)13(12)10-19/h4-8H,9-10,19H2,1-3H3,(H,21,22). The Morgan fingerprint density at radius 1 is 1.39 bits per heavy atom. The van der Waals surface area contributed by atoms with Gasteiger partial charge in [-0.25, -0.2) is 8.42 Å². The lowest BCUT2D eigenvalue weighted by Crippen LogP contribution is -2.24. The molecule has 0 aliphatic heterocycles. The van der Waals surface area contributed by atoms with Gasteiger partial charge in [0.15, 0.2) is 10.6 Å². The Kier molecular flexibility index (Phi) is 7.16. The Morgan fingerprint density at radius 3 is 2.75 bits per heavy atom. The molecule has 0 radical (unpaired) electrons. The zero-order valence-corrected chi connectivity index (χ0v) is 18.0. The van der Waals surface area contributed by atoms with Gasteiger partial charge < -0.3 is 10.5 Å². The maximum atomic E-state index is 12.3. The van der Waals surface area contributed by atoms with E-state index in [0.29, 0.717) is 10.0 Å². The summed E-state index contributed by atoms with van der Waals surface area (Å²) in [7, 11) is -3.69. The zero-order valence-electron chi connectivity index (χ0n) is 15.6. The number of nitrogens with zero attached hydrogens (tertiary/aromatic N) is 2. The van der Waals surface area contributed by atoms with Gasteiger partial charge in [0.2, 0.25) is 15.2 Å². The van der Waals surface area contributed by atoms with Crippen LogP contribution in [0.15, 0.2) is 24.3 Å². The first-order chi connectivity index (χ1) is 13.0. The molecular weight excluding hydrogens is 424 g/mol. The Labute approximate surface area is 172 Å². The summed E-state index contributed by atoms with van der Waals surface area (Å²) >= 11 is 7.09. The predicted octanol–water partition coefficient (Wildman–Crippen LogP) is 2.90. The first-order valence-corrected chi connectivity index (χ1v) is 11.1. The fraction of sp³-hybridized carbons (Fsp3) is 0.353. The molecule has 0 saturated carbocycles. The number of nitrogens with two attached hydrogens (primary N) is 1. The molecule has 11 heteroatoms. The number of hydrogen-bond acceptors (Lipinski definition) is 8. The summed E-state index contributed by atoms with van der Waals surface area (Å²) in [6.45, 7) is 4.83. The Morgan fingerprint density at radius 2 is 2.11 bits per heavy atom. The van der Waals surface area contributed by atoms with Crippen molar-refractivity contribution in [1.29, 1.82) is 0 Å². The van der Waals surface area contributed by atoms with E-state index in [-0.39, 0.29) is 17.4 Å². The number of carbonyl (C=O) groups is 1. The number of hydrogen-bond donors (Lipinski definition) is 2. The van der Waals surface area contributed by atoms with Crippen LogP contribution in [0.3, 0.4) is 0 Å². The van der Waals surface area contributed by atoms with Crippen molar-refractivity contribution in [3.05, 3.63) is 45.4 Å². The highest BCUT2D eigenvalue weighted by Gasteiger charge is 2.29. The van der Waals surface area contributed by atoms with Gasteiger partial charge in [0.05, 0.1) is 5.75 Å². The molecule has 1 aromatic carbocycles. The minimum absolute atomic E-state index is 0.0917. The van der Waals surface area contributed by atoms with Gasteiger partial charge in [0.1, 0.15) is 0 Å². The summed E-state index contributed by atoms with van der Waals surface area (Å²) in [4.78, 5) is 11.2. The number of benzene rings is 1. The van der Waals surface area contributed by atoms with E-state index in [1.807, 2.05) is 0 Å². The number of sulfonamides is 1. The minimum atomic E-state index is -3.69. The molecule has 2 rings (SSSR count). The number of rotatable bonds is 8. The summed E-state index contributed by atoms with van der Waals surface area (Å²) < 4.78 is 32.1. The monoisotopic (exact) mass is 444 g/mol. The van der Waals surface area contributed by atoms with Crippen LogP contribution < -0.4 is 10.5 Å². The molecule has 0 atom stereocenters. The fourth-order valence-corrected chi connectivity index (χ4v) is 4.51. The van der Waals surface area contributed by atoms with Crippen LogP contribution in [0.1, 0.15) is 36.9 Å². The molecule has 2 aromatic rings. The van der Waals surface area contributed by atoms with Crippen molar-refractivity contribution in [3.8, 4) is 0 Å². The van der Waals surface area contributed by atoms with Crippen LogP contribution in [0.25, 0.3) is 6.08 Å². The Bertz CT molecular complexity index is 987. The van der Waals surface area contributed by atoms with Crippen molar-refractivity contribution in [3.63, 3.8) is 0 Å². The number of halogens is 1. The molecule has 0 spiro atoms. The van der Waals surface area contributed by atoms with Crippen molar-refractivity contribution >= 4 is 50.1 Å². The topological polar surface area (TPSA) is 124 Å². The van der Waals surface area contributed by atoms with Crippen molar-refractivity contribution < 1.29 is 17.9 Å². The summed E-state index contributed by atoms with van der Waals surface area (Å²) in [6.07, 6.45) is 3.15. The van der Waals surface area contributed by atoms with Crippen LogP contribution in [-0.2, 0) is 31.7 Å². The molecule has 1 heterocycles. The van der Waals surface area contributed by atoms with Gasteiger partial charge in [0, 0.05) is 18.5 Å². The lowest BCUT2D eigenvalue weighted by atomic mass is 10.1. The molecule has 0 bridgehead atoms. The van der Waals surface area contributed by atoms with E-state index >= 15 is 0 Å². The third-order valence-corrected chi connectivity index (χ3v) is 6.32. The molecule has 3 N–H and O–H groups in total. The van der Waals surface area contributed by atoms with Gasteiger partial charge >= 0.3 is 5.97 Å². The average Bonchev–Trinajstić information content (AvgIpc) is 3.02. The number of carbonyl (C=O) groups excluding carboxylic acids is 1. The highest BCUT2D eigenvalue weighted by Crippen LogP contribution is 2.30. The van der Waals surface area contributed by atoms with Crippen LogP contribution in [-0.4, -0.2) is 30.3 Å². The van der Waals surface area contributed by atoms with Crippen LogP contribution in [0.5, 0.6) is 0 Å². The van der Waals surface area contributed by atoms with E-state index in [0.717, 1.165) is 22.5 Å². The third kappa shape index (κ3) is 5.99. The molecule has 28 heavy (non-hydrogen) atoms. The second-order valence-electron chi connectivity index (χ2n) is 6.31. The quantitative estimate of drug-likeness (QED) is 0.599. The van der Waals surface area contributed by atoms with Gasteiger partial charge in [-0.3, -0.25) is 9.52 Å². The first-order valence-electron chi connectivity index (χ1n) is 8.22. The van der Waals surface area contributed by atoms with Gasteiger partial charge in [0.25, 0.3) is 0 Å². The van der Waals surface area contributed by atoms with Gasteiger partial charge in [-0.1, -0.05) is 47.2 Å². The van der Waals surface area contributed by atoms with Crippen LogP contribution in [0.4, 0.5) is 5.13 Å². The third-order valence-electron chi connectivity index (χ3n) is 3.55. The van der Waals surface area contributed by atoms with Crippen molar-refractivity contribution in [2.24, 2.45) is 5.73 Å². The Balaban J connectivity index is 2.07. The van der Waals surface area contributed by atoms with Crippen LogP contribution >= 0.6 is 22.9 Å². The largest absolute Gasteiger partial charge is 0.452 e. The SMILES string of the molecule is CC(=O)OC(C)(C)c1nnc(NS(=O)(=O)CC=Cc2cccc(Cl)c2CN)s1. The highest BCUT2D eigenvalue weighted by atomic mass is 35.5. The zero-order chi connectivity index (χ0) is 20.9. The lowest BCUT2D eigenvalue weighted by Gasteiger charge is -2.20. The summed E-state index contributed by atoms with van der Waals surface area (Å²) in [5.74, 6) is -0.739. The highest BCUT2D eigenvalue weighted by molar-refractivity contribution is 7.93. The second-order valence-corrected chi connectivity index (χ2v) is 9.47. The summed E-state index contributed by atoms with van der Waals surface area (Å²) in [6, 6.07) is 5.30. The average molecular weight is 445 g/mol. The smallest absolute Gasteiger partial charge is 0.303 e.